The Labute approximate surface area is 93.6 Å². The van der Waals surface area contributed by atoms with Crippen LogP contribution in [0.3, 0.4) is 0 Å². The molecule has 1 heteroatoms. The summed E-state index contributed by atoms with van der Waals surface area (Å²) in [7, 11) is 0. The molecule has 14 heavy (non-hydrogen) atoms. The van der Waals surface area contributed by atoms with E-state index in [0.29, 0.717) is 0 Å². The molecule has 80 valence electrons. The third-order valence-corrected chi connectivity index (χ3v) is 11.0. The number of hydrogen-bond acceptors (Lipinski definition) is 0. The molecule has 0 bridgehead atoms. The van der Waals surface area contributed by atoms with Gasteiger partial charge in [-0.05, 0) is 0 Å². The molecule has 0 amide bonds. The topological polar surface area (TPSA) is 0 Å². The van der Waals surface area contributed by atoms with Crippen molar-refractivity contribution in [2.24, 2.45) is 11.8 Å². The van der Waals surface area contributed by atoms with Gasteiger partial charge in [-0.15, -0.1) is 0 Å². The number of rotatable bonds is 3. The van der Waals surface area contributed by atoms with Crippen LogP contribution in [-0.4, -0.2) is 14.3 Å². The molecule has 0 aromatic carbocycles. The van der Waals surface area contributed by atoms with Crippen molar-refractivity contribution in [1.29, 1.82) is 0 Å². The molecule has 0 radical (unpaired) electrons. The minimum absolute atomic E-state index is 0.720. The number of hydrogen-bond donors (Lipinski definition) is 0. The van der Waals surface area contributed by atoms with E-state index >= 15 is 0 Å². The van der Waals surface area contributed by atoms with Gasteiger partial charge in [0.15, 0.2) is 0 Å². The Balaban J connectivity index is 3.02. The Kier molecular flexibility index (Phi) is 4.06. The van der Waals surface area contributed by atoms with Gasteiger partial charge in [-0.25, -0.2) is 0 Å². The molecule has 0 saturated carbocycles. The van der Waals surface area contributed by atoms with E-state index in [-0.39, 0.29) is 0 Å². The predicted octanol–water partition coefficient (Wildman–Crippen LogP) is 3.88. The third-order valence-electron chi connectivity index (χ3n) is 3.14. The Morgan fingerprint density at radius 3 is 1.86 bits per heavy atom. The molecule has 1 aliphatic heterocycles. The van der Waals surface area contributed by atoms with Crippen LogP contribution in [0.5, 0.6) is 0 Å². The zero-order chi connectivity index (χ0) is 10.9. The molecule has 0 fully saturated rings. The van der Waals surface area contributed by atoms with Gasteiger partial charge in [-0.3, -0.25) is 0 Å². The van der Waals surface area contributed by atoms with Crippen molar-refractivity contribution in [2.45, 2.75) is 46.3 Å². The second kappa shape index (κ2) is 4.70. The molecular weight excluding hydrogens is 229 g/mol. The van der Waals surface area contributed by atoms with E-state index in [1.807, 2.05) is 4.41 Å². The third kappa shape index (κ3) is 2.33. The zero-order valence-electron chi connectivity index (χ0n) is 10.5. The molecule has 1 heterocycles. The Bertz CT molecular complexity index is 256. The standard InChI is InChI=1S/C13H24Ge/c1-9(2)12-7-8-14(11(5)6)13(12)10(3)4/h7-11,14H,1-6H3. The van der Waals surface area contributed by atoms with Crippen molar-refractivity contribution in [1.82, 2.24) is 0 Å². The summed E-state index contributed by atoms with van der Waals surface area (Å²) in [5, 5.41) is 0. The van der Waals surface area contributed by atoms with Crippen molar-refractivity contribution in [2.75, 3.05) is 0 Å². The van der Waals surface area contributed by atoms with Crippen LogP contribution in [0.2, 0.25) is 4.75 Å². The summed E-state index contributed by atoms with van der Waals surface area (Å²) in [6.45, 7) is 14.2. The zero-order valence-corrected chi connectivity index (χ0v) is 12.9. The summed E-state index contributed by atoms with van der Waals surface area (Å²) < 4.78 is 2.79. The SMILES string of the molecule is CC(C)C1=[C](C(C)C)[GeH]([CH](C)C)[CH]=C1. The van der Waals surface area contributed by atoms with Gasteiger partial charge in [0.05, 0.1) is 0 Å². The van der Waals surface area contributed by atoms with Crippen LogP contribution in [-0.2, 0) is 0 Å². The van der Waals surface area contributed by atoms with E-state index in [9.17, 15) is 0 Å². The Hall–Kier alpha value is 0.0229. The molecule has 0 aromatic heterocycles. The van der Waals surface area contributed by atoms with E-state index in [1.165, 1.54) is 0 Å². The first-order chi connectivity index (χ1) is 6.45. The van der Waals surface area contributed by atoms with Crippen LogP contribution in [0.4, 0.5) is 0 Å². The van der Waals surface area contributed by atoms with Gasteiger partial charge >= 0.3 is 93.4 Å². The van der Waals surface area contributed by atoms with Crippen LogP contribution in [0.25, 0.3) is 0 Å². The van der Waals surface area contributed by atoms with Gasteiger partial charge in [-0.2, -0.15) is 0 Å². The molecule has 1 rings (SSSR count). The molecule has 1 atom stereocenters. The van der Waals surface area contributed by atoms with Crippen molar-refractivity contribution >= 4 is 14.3 Å². The summed E-state index contributed by atoms with van der Waals surface area (Å²) in [4.78, 5) is 2.59. The second-order valence-electron chi connectivity index (χ2n) is 5.35. The predicted molar refractivity (Wildman–Crippen MR) is 68.1 cm³/mol. The molecule has 0 N–H and O–H groups in total. The van der Waals surface area contributed by atoms with Crippen molar-refractivity contribution in [3.05, 3.63) is 21.0 Å². The van der Waals surface area contributed by atoms with Gasteiger partial charge < -0.3 is 0 Å². The van der Waals surface area contributed by atoms with E-state index in [0.717, 1.165) is 16.6 Å². The van der Waals surface area contributed by atoms with Gasteiger partial charge in [0.25, 0.3) is 0 Å². The molecule has 0 aliphatic carbocycles. The van der Waals surface area contributed by atoms with E-state index in [2.05, 4.69) is 52.5 Å². The first kappa shape index (κ1) is 12.1. The summed E-state index contributed by atoms with van der Waals surface area (Å²) in [6.07, 6.45) is 2.44. The van der Waals surface area contributed by atoms with Crippen molar-refractivity contribution in [3.63, 3.8) is 0 Å². The molecule has 0 saturated heterocycles. The quantitative estimate of drug-likeness (QED) is 0.669. The molecule has 0 nitrogen and oxygen atoms in total. The van der Waals surface area contributed by atoms with Crippen LogP contribution < -0.4 is 0 Å². The maximum atomic E-state index is 2.59. The van der Waals surface area contributed by atoms with Crippen LogP contribution in [0.1, 0.15) is 41.5 Å². The Morgan fingerprint density at radius 1 is 0.929 bits per heavy atom. The fraction of sp³-hybridized carbons (Fsp3) is 0.692. The molecule has 0 aromatic rings. The van der Waals surface area contributed by atoms with Crippen molar-refractivity contribution in [3.8, 4) is 0 Å². The first-order valence-corrected chi connectivity index (χ1v) is 9.88. The van der Waals surface area contributed by atoms with E-state index < -0.39 is 14.3 Å². The van der Waals surface area contributed by atoms with Gasteiger partial charge in [0.1, 0.15) is 0 Å². The monoisotopic (exact) mass is 254 g/mol. The van der Waals surface area contributed by atoms with Gasteiger partial charge in [0.2, 0.25) is 0 Å². The normalized spacial score (nSPS) is 22.2. The summed E-state index contributed by atoms with van der Waals surface area (Å²) in [5.74, 6) is 1.49. The van der Waals surface area contributed by atoms with E-state index in [4.69, 9.17) is 0 Å². The van der Waals surface area contributed by atoms with Crippen LogP contribution in [0.15, 0.2) is 21.0 Å². The average Bonchev–Trinajstić information content (AvgIpc) is 2.46. The van der Waals surface area contributed by atoms with Crippen LogP contribution >= 0.6 is 0 Å². The van der Waals surface area contributed by atoms with Gasteiger partial charge in [-0.1, -0.05) is 0 Å². The molecule has 1 unspecified atom stereocenters. The number of allylic oxidation sites excluding steroid dienone is 3. The molecule has 1 aliphatic rings. The summed E-state index contributed by atoms with van der Waals surface area (Å²) >= 11 is -1.24. The summed E-state index contributed by atoms with van der Waals surface area (Å²) in [5.41, 5.74) is 1.67. The fourth-order valence-electron chi connectivity index (χ4n) is 2.43. The Morgan fingerprint density at radius 2 is 1.50 bits per heavy atom. The van der Waals surface area contributed by atoms with E-state index in [1.54, 1.807) is 5.57 Å². The molecular formula is C13H24Ge. The van der Waals surface area contributed by atoms with Gasteiger partial charge in [0, 0.05) is 0 Å². The van der Waals surface area contributed by atoms with Crippen LogP contribution in [0, 0.1) is 11.8 Å². The second-order valence-corrected chi connectivity index (χ2v) is 12.5. The molecule has 0 spiro atoms. The average molecular weight is 253 g/mol. The maximum absolute atomic E-state index is 2.59. The first-order valence-electron chi connectivity index (χ1n) is 5.87. The fourth-order valence-corrected chi connectivity index (χ4v) is 9.49. The summed E-state index contributed by atoms with van der Waals surface area (Å²) in [6, 6.07) is 0. The minimum atomic E-state index is -1.24. The van der Waals surface area contributed by atoms with Crippen molar-refractivity contribution < 1.29 is 0 Å².